The van der Waals surface area contributed by atoms with Gasteiger partial charge in [0.05, 0.1) is 33.8 Å². The minimum absolute atomic E-state index is 0.0276. The lowest BCUT2D eigenvalue weighted by Crippen LogP contribution is -2.47. The fraction of sp³-hybridized carbons (Fsp3) is 0.767. The van der Waals surface area contributed by atoms with Gasteiger partial charge in [-0.2, -0.15) is 0 Å². The molecule has 3 unspecified atom stereocenters. The van der Waals surface area contributed by atoms with E-state index < -0.39 is 25.9 Å². The van der Waals surface area contributed by atoms with Gasteiger partial charge in [-0.3, -0.25) is 18.6 Å². The molecule has 0 aliphatic rings. The maximum atomic E-state index is 13.5. The Morgan fingerprint density at radius 1 is 0.500 bits per heavy atom. The molecule has 0 aliphatic carbocycles. The van der Waals surface area contributed by atoms with Gasteiger partial charge in [0.25, 0.3) is 0 Å². The van der Waals surface area contributed by atoms with Crippen molar-refractivity contribution in [2.75, 3.05) is 40.9 Å². The van der Waals surface area contributed by atoms with Crippen molar-refractivity contribution in [3.8, 4) is 0 Å². The van der Waals surface area contributed by atoms with Crippen LogP contribution in [0.5, 0.6) is 0 Å². The van der Waals surface area contributed by atoms with E-state index in [-0.39, 0.29) is 25.5 Å². The number of quaternary nitrogens is 1. The monoisotopic (exact) mass is 1000 g/mol. The lowest BCUT2D eigenvalue weighted by Gasteiger charge is -2.27. The van der Waals surface area contributed by atoms with E-state index in [9.17, 15) is 19.0 Å². The highest BCUT2D eigenvalue weighted by atomic mass is 31.2. The Morgan fingerprint density at radius 3 is 1.36 bits per heavy atom. The Labute approximate surface area is 432 Å². The van der Waals surface area contributed by atoms with Crippen LogP contribution in [0.3, 0.4) is 0 Å². The Kier molecular flexibility index (Phi) is 48.2. The summed E-state index contributed by atoms with van der Waals surface area (Å²) in [6.45, 7) is 6.92. The molecule has 0 saturated carbocycles. The van der Waals surface area contributed by atoms with E-state index >= 15 is 0 Å². The summed E-state index contributed by atoms with van der Waals surface area (Å²) >= 11 is 0. The highest BCUT2D eigenvalue weighted by molar-refractivity contribution is 7.47. The molecule has 70 heavy (non-hydrogen) atoms. The molecule has 0 fully saturated rings. The molecule has 0 aliphatic heterocycles. The number of hydrogen-bond acceptors (Lipinski definition) is 6. The average Bonchev–Trinajstić information content (AvgIpc) is 3.32. The summed E-state index contributed by atoms with van der Waals surface area (Å²) in [7, 11) is 1.45. The number of rotatable bonds is 51. The number of amides is 1. The maximum Gasteiger partial charge on any atom is 0.472 e. The quantitative estimate of drug-likeness (QED) is 0.0205. The third-order valence-corrected chi connectivity index (χ3v) is 13.4. The molecule has 0 aromatic carbocycles. The second-order valence-corrected chi connectivity index (χ2v) is 21.9. The number of hydrogen-bond donors (Lipinski definition) is 2. The summed E-state index contributed by atoms with van der Waals surface area (Å²) in [4.78, 5) is 37.5. The fourth-order valence-corrected chi connectivity index (χ4v) is 8.62. The van der Waals surface area contributed by atoms with Gasteiger partial charge in [0.2, 0.25) is 5.91 Å². The van der Waals surface area contributed by atoms with Gasteiger partial charge in [-0.15, -0.1) is 0 Å². The van der Waals surface area contributed by atoms with Crippen LogP contribution in [0.15, 0.2) is 72.9 Å². The third kappa shape index (κ3) is 50.4. The minimum atomic E-state index is -4.46. The number of likely N-dealkylation sites (N-methyl/N-ethyl adjacent to an activating group) is 1. The van der Waals surface area contributed by atoms with Gasteiger partial charge in [-0.05, 0) is 89.5 Å². The van der Waals surface area contributed by atoms with Crippen molar-refractivity contribution in [2.24, 2.45) is 0 Å². The van der Waals surface area contributed by atoms with E-state index in [1.54, 1.807) is 0 Å². The molecule has 0 bridgehead atoms. The topological polar surface area (TPSA) is 111 Å². The zero-order chi connectivity index (χ0) is 51.5. The van der Waals surface area contributed by atoms with Gasteiger partial charge in [-0.1, -0.05) is 216 Å². The largest absolute Gasteiger partial charge is 0.472 e. The van der Waals surface area contributed by atoms with E-state index in [0.29, 0.717) is 23.9 Å². The second kappa shape index (κ2) is 50.0. The normalized spacial score (nSPS) is 14.3. The predicted octanol–water partition coefficient (Wildman–Crippen LogP) is 17.3. The van der Waals surface area contributed by atoms with Crippen molar-refractivity contribution in [3.63, 3.8) is 0 Å². The molecule has 0 rings (SSSR count). The van der Waals surface area contributed by atoms with Crippen LogP contribution >= 0.6 is 7.82 Å². The Morgan fingerprint density at radius 2 is 0.886 bits per heavy atom. The number of carbonyl (C=O) groups is 2. The number of phosphoric acid groups is 1. The molecule has 9 nitrogen and oxygen atoms in total. The van der Waals surface area contributed by atoms with Crippen LogP contribution in [0.1, 0.15) is 245 Å². The van der Waals surface area contributed by atoms with Crippen LogP contribution in [0.2, 0.25) is 0 Å². The third-order valence-electron chi connectivity index (χ3n) is 12.4. The molecular weight excluding hydrogens is 892 g/mol. The number of allylic oxidation sites excluding steroid dienone is 11. The fourth-order valence-electron chi connectivity index (χ4n) is 7.88. The molecule has 10 heteroatoms. The second-order valence-electron chi connectivity index (χ2n) is 20.5. The van der Waals surface area contributed by atoms with Crippen LogP contribution in [0.4, 0.5) is 0 Å². The van der Waals surface area contributed by atoms with Gasteiger partial charge in [-0.25, -0.2) is 4.57 Å². The molecule has 406 valence electrons. The van der Waals surface area contributed by atoms with E-state index in [1.807, 2.05) is 39.4 Å². The lowest BCUT2D eigenvalue weighted by molar-refractivity contribution is -0.870. The first-order chi connectivity index (χ1) is 33.9. The number of carbonyl (C=O) groups excluding carboxylic acids is 2. The summed E-state index contributed by atoms with van der Waals surface area (Å²) in [5.41, 5.74) is 0. The summed E-state index contributed by atoms with van der Waals surface area (Å²) < 4.78 is 30.5. The zero-order valence-corrected chi connectivity index (χ0v) is 47.1. The van der Waals surface area contributed by atoms with Gasteiger partial charge in [0, 0.05) is 12.8 Å². The van der Waals surface area contributed by atoms with Crippen LogP contribution in [0, 0.1) is 0 Å². The van der Waals surface area contributed by atoms with Crippen LogP contribution in [-0.4, -0.2) is 74.3 Å². The number of ether oxygens (including phenoxy) is 1. The van der Waals surface area contributed by atoms with Gasteiger partial charge in [0.15, 0.2) is 0 Å². The molecule has 0 saturated heterocycles. The Hall–Kier alpha value is -2.55. The summed E-state index contributed by atoms with van der Waals surface area (Å²) in [5, 5.41) is 3.02. The number of esters is 1. The Balaban J connectivity index is 5.41. The number of unbranched alkanes of at least 4 members (excludes halogenated alkanes) is 25. The first kappa shape index (κ1) is 67.5. The highest BCUT2D eigenvalue weighted by Crippen LogP contribution is 2.43. The minimum Gasteiger partial charge on any atom is -0.456 e. The summed E-state index contributed by atoms with van der Waals surface area (Å²) in [6.07, 6.45) is 63.4. The summed E-state index contributed by atoms with van der Waals surface area (Å²) in [5.74, 6) is -0.600. The van der Waals surface area contributed by atoms with Crippen LogP contribution in [-0.2, 0) is 27.9 Å². The van der Waals surface area contributed by atoms with Crippen LogP contribution < -0.4 is 5.32 Å². The van der Waals surface area contributed by atoms with Crippen molar-refractivity contribution in [3.05, 3.63) is 72.9 Å². The molecule has 2 N–H and O–H groups in total. The standard InChI is InChI=1S/C60H109N2O7P/c1-7-10-13-16-19-22-25-28-29-30-31-32-33-35-37-40-43-46-49-52-59(63)61-57(56-68-70(65,66)67-55-54-62(4,5)6)58(51-48-45-42-39-36-27-24-21-18-15-12-9-3)69-60(64)53-50-47-44-41-38-34-26-23-20-17-14-11-8-2/h19,22,28-29,31-32,34,38,44,47-48,51,57-58H,7-18,20-21,23-27,30,33,35-37,39-43,45-46,49-50,52-56H2,1-6H3,(H-,61,63,65,66)/p+1/b22-19-,29-28-,32-31-,38-34-,47-44+,51-48-. The molecule has 0 spiro atoms. The molecule has 0 heterocycles. The smallest absolute Gasteiger partial charge is 0.456 e. The number of nitrogens with zero attached hydrogens (tertiary/aromatic N) is 1. The van der Waals surface area contributed by atoms with Gasteiger partial charge < -0.3 is 19.4 Å². The van der Waals surface area contributed by atoms with Crippen molar-refractivity contribution in [1.29, 1.82) is 0 Å². The van der Waals surface area contributed by atoms with Crippen LogP contribution in [0.25, 0.3) is 0 Å². The van der Waals surface area contributed by atoms with E-state index in [0.717, 1.165) is 89.9 Å². The van der Waals surface area contributed by atoms with E-state index in [1.165, 1.54) is 116 Å². The molecule has 0 radical (unpaired) electrons. The Bertz CT molecular complexity index is 1430. The van der Waals surface area contributed by atoms with Crippen molar-refractivity contribution in [2.45, 2.75) is 258 Å². The van der Waals surface area contributed by atoms with Gasteiger partial charge in [0.1, 0.15) is 19.3 Å². The van der Waals surface area contributed by atoms with Crippen molar-refractivity contribution < 1.29 is 37.3 Å². The average molecular weight is 1000 g/mol. The summed E-state index contributed by atoms with van der Waals surface area (Å²) in [6, 6.07) is -0.879. The highest BCUT2D eigenvalue weighted by Gasteiger charge is 2.30. The molecule has 0 aromatic rings. The van der Waals surface area contributed by atoms with Crippen molar-refractivity contribution >= 4 is 19.7 Å². The SMILES string of the molecule is CCCCC/C=C\C/C=C\C/C=C\CCCCCCCCC(=O)NC(COP(=O)(O)OCC[N+](C)(C)C)C(/C=C\CCCCCCCCCCCC)OC(=O)CC/C=C/C/C=C\CCCCCCCC. The molecule has 3 atom stereocenters. The zero-order valence-electron chi connectivity index (χ0n) is 46.2. The van der Waals surface area contributed by atoms with Crippen molar-refractivity contribution in [1.82, 2.24) is 5.32 Å². The molecule has 1 amide bonds. The van der Waals surface area contributed by atoms with Gasteiger partial charge >= 0.3 is 13.8 Å². The first-order valence-corrected chi connectivity index (χ1v) is 30.3. The predicted molar refractivity (Wildman–Crippen MR) is 300 cm³/mol. The lowest BCUT2D eigenvalue weighted by atomic mass is 10.0. The van der Waals surface area contributed by atoms with E-state index in [4.69, 9.17) is 13.8 Å². The number of nitrogens with one attached hydrogen (secondary N) is 1. The molecule has 0 aromatic heterocycles. The van der Waals surface area contributed by atoms with E-state index in [2.05, 4.69) is 80.8 Å². The number of phosphoric ester groups is 1. The first-order valence-electron chi connectivity index (χ1n) is 28.8. The molecular formula is C60H110N2O7P+. The maximum absolute atomic E-state index is 13.5.